The molecule has 0 N–H and O–H groups in total. The smallest absolute Gasteiger partial charge is 0.251 e. The van der Waals surface area contributed by atoms with E-state index < -0.39 is 21.6 Å². The zero-order valence-electron chi connectivity index (χ0n) is 17.8. The van der Waals surface area contributed by atoms with E-state index in [1.54, 1.807) is 55.5 Å². The van der Waals surface area contributed by atoms with Gasteiger partial charge < -0.3 is 0 Å². The first-order valence-electron chi connectivity index (χ1n) is 9.95. The highest BCUT2D eigenvalue weighted by molar-refractivity contribution is 7.90. The number of nitrogens with zero attached hydrogens (tertiary/aromatic N) is 2. The molecule has 0 atom stereocenters. The number of hydrogen-bond donors (Lipinski definition) is 0. The summed E-state index contributed by atoms with van der Waals surface area (Å²) < 4.78 is 62.5. The van der Waals surface area contributed by atoms with Gasteiger partial charge in [-0.25, -0.2) is 13.4 Å². The first kappa shape index (κ1) is 22.7. The van der Waals surface area contributed by atoms with E-state index in [1.807, 2.05) is 0 Å². The molecule has 4 nitrogen and oxygen atoms in total. The van der Waals surface area contributed by atoms with E-state index in [2.05, 4.69) is 9.97 Å². The molecular formula is C25H19F3N2O2S. The molecule has 8 heteroatoms. The molecule has 0 unspecified atom stereocenters. The van der Waals surface area contributed by atoms with Crippen LogP contribution < -0.4 is 0 Å². The van der Waals surface area contributed by atoms with E-state index in [0.29, 0.717) is 33.9 Å². The third kappa shape index (κ3) is 5.12. The number of halogens is 3. The molecule has 2 heterocycles. The fraction of sp³-hybridized carbons (Fsp3) is 0.120. The number of aryl methyl sites for hydroxylation is 1. The maximum absolute atomic E-state index is 12.9. The second-order valence-corrected chi connectivity index (χ2v) is 9.68. The summed E-state index contributed by atoms with van der Waals surface area (Å²) in [5.41, 5.74) is 3.69. The lowest BCUT2D eigenvalue weighted by Crippen LogP contribution is -2.04. The zero-order valence-corrected chi connectivity index (χ0v) is 18.6. The molecule has 4 rings (SSSR count). The van der Waals surface area contributed by atoms with Crippen LogP contribution in [0.25, 0.3) is 33.8 Å². The van der Waals surface area contributed by atoms with Crippen molar-refractivity contribution in [2.45, 2.75) is 18.0 Å². The van der Waals surface area contributed by atoms with Crippen LogP contribution in [0.2, 0.25) is 0 Å². The molecule has 0 fully saturated rings. The van der Waals surface area contributed by atoms with E-state index in [9.17, 15) is 21.6 Å². The van der Waals surface area contributed by atoms with Crippen LogP contribution in [-0.2, 0) is 16.0 Å². The Morgan fingerprint density at radius 1 is 0.697 bits per heavy atom. The van der Waals surface area contributed by atoms with Crippen LogP contribution in [0, 0.1) is 6.92 Å². The molecule has 2 aromatic heterocycles. The molecule has 0 aliphatic carbocycles. The van der Waals surface area contributed by atoms with Crippen LogP contribution in [0.15, 0.2) is 83.8 Å². The van der Waals surface area contributed by atoms with Gasteiger partial charge in [-0.1, -0.05) is 30.3 Å². The highest BCUT2D eigenvalue weighted by atomic mass is 32.2. The maximum atomic E-state index is 12.9. The van der Waals surface area contributed by atoms with Gasteiger partial charge >= 0.3 is 6.18 Å². The maximum Gasteiger partial charge on any atom is 0.416 e. The molecule has 0 aliphatic heterocycles. The average Bonchev–Trinajstić information content (AvgIpc) is 2.78. The Hall–Kier alpha value is -3.52. The van der Waals surface area contributed by atoms with Crippen molar-refractivity contribution >= 4 is 9.84 Å². The van der Waals surface area contributed by atoms with Crippen molar-refractivity contribution < 1.29 is 21.6 Å². The largest absolute Gasteiger partial charge is 0.416 e. The van der Waals surface area contributed by atoms with Gasteiger partial charge in [0.15, 0.2) is 9.84 Å². The van der Waals surface area contributed by atoms with Crippen molar-refractivity contribution in [2.75, 3.05) is 6.26 Å². The van der Waals surface area contributed by atoms with Crippen molar-refractivity contribution in [3.8, 4) is 33.8 Å². The highest BCUT2D eigenvalue weighted by Crippen LogP contribution is 2.32. The minimum Gasteiger partial charge on any atom is -0.251 e. The Morgan fingerprint density at radius 3 is 2.03 bits per heavy atom. The van der Waals surface area contributed by atoms with Crippen molar-refractivity contribution in [2.24, 2.45) is 0 Å². The van der Waals surface area contributed by atoms with E-state index in [1.165, 1.54) is 18.2 Å². The molecule has 0 aliphatic rings. The van der Waals surface area contributed by atoms with Gasteiger partial charge in [-0.3, -0.25) is 4.98 Å². The number of benzene rings is 2. The third-order valence-electron chi connectivity index (χ3n) is 5.07. The Bertz CT molecular complexity index is 1430. The molecule has 168 valence electrons. The van der Waals surface area contributed by atoms with E-state index >= 15 is 0 Å². The quantitative estimate of drug-likeness (QED) is 0.357. The second kappa shape index (κ2) is 8.44. The van der Waals surface area contributed by atoms with Crippen LogP contribution >= 0.6 is 0 Å². The lowest BCUT2D eigenvalue weighted by molar-refractivity contribution is -0.137. The van der Waals surface area contributed by atoms with Crippen molar-refractivity contribution in [3.63, 3.8) is 0 Å². The average molecular weight is 469 g/mol. The number of hydrogen-bond acceptors (Lipinski definition) is 4. The summed E-state index contributed by atoms with van der Waals surface area (Å²) in [6.45, 7) is 1.80. The summed E-state index contributed by atoms with van der Waals surface area (Å²) >= 11 is 0. The van der Waals surface area contributed by atoms with E-state index in [-0.39, 0.29) is 4.90 Å². The van der Waals surface area contributed by atoms with Crippen molar-refractivity contribution in [1.29, 1.82) is 0 Å². The van der Waals surface area contributed by atoms with Gasteiger partial charge in [0.2, 0.25) is 0 Å². The monoisotopic (exact) mass is 468 g/mol. The molecule has 0 amide bonds. The first-order chi connectivity index (χ1) is 15.5. The number of alkyl halides is 3. The first-order valence-corrected chi connectivity index (χ1v) is 11.8. The Kier molecular flexibility index (Phi) is 5.80. The summed E-state index contributed by atoms with van der Waals surface area (Å²) in [6, 6.07) is 20.4. The standard InChI is InChI=1S/C25H19F3N2O2S/c1-16-13-19(17-9-11-20(12-10-17)25(26,27)28)15-24(29-16)23-8-4-7-22(30-23)18-5-3-6-21(14-18)33(2,31)32/h3-15H,1-2H3. The van der Waals surface area contributed by atoms with Gasteiger partial charge in [-0.15, -0.1) is 0 Å². The SMILES string of the molecule is Cc1cc(-c2ccc(C(F)(F)F)cc2)cc(-c2cccc(-c3cccc(S(C)(=O)=O)c3)n2)n1. The summed E-state index contributed by atoms with van der Waals surface area (Å²) in [5.74, 6) is 0. The van der Waals surface area contributed by atoms with E-state index in [0.717, 1.165) is 24.0 Å². The lowest BCUT2D eigenvalue weighted by Gasteiger charge is -2.10. The normalized spacial score (nSPS) is 12.0. The third-order valence-corrected chi connectivity index (χ3v) is 6.18. The Labute approximate surface area is 189 Å². The molecular weight excluding hydrogens is 449 g/mol. The molecule has 4 aromatic rings. The van der Waals surface area contributed by atoms with Crippen molar-refractivity contribution in [3.05, 3.63) is 90.1 Å². The van der Waals surface area contributed by atoms with Crippen LogP contribution in [0.3, 0.4) is 0 Å². The van der Waals surface area contributed by atoms with Crippen LogP contribution in [0.1, 0.15) is 11.3 Å². The Morgan fingerprint density at radius 2 is 1.36 bits per heavy atom. The fourth-order valence-corrected chi connectivity index (χ4v) is 4.11. The highest BCUT2D eigenvalue weighted by Gasteiger charge is 2.30. The molecule has 0 saturated carbocycles. The topological polar surface area (TPSA) is 59.9 Å². The van der Waals surface area contributed by atoms with Gasteiger partial charge in [0.05, 0.1) is 27.5 Å². The van der Waals surface area contributed by atoms with Crippen LogP contribution in [0.4, 0.5) is 13.2 Å². The van der Waals surface area contributed by atoms with Gasteiger partial charge in [0.1, 0.15) is 0 Å². The van der Waals surface area contributed by atoms with Gasteiger partial charge in [0.25, 0.3) is 0 Å². The molecule has 0 radical (unpaired) electrons. The predicted octanol–water partition coefficient (Wildman–Crippen LogP) is 6.21. The molecule has 2 aromatic carbocycles. The number of aromatic nitrogens is 2. The zero-order chi connectivity index (χ0) is 23.8. The van der Waals surface area contributed by atoms with Gasteiger partial charge in [-0.2, -0.15) is 13.2 Å². The van der Waals surface area contributed by atoms with Gasteiger partial charge in [0, 0.05) is 17.5 Å². The van der Waals surface area contributed by atoms with Crippen molar-refractivity contribution in [1.82, 2.24) is 9.97 Å². The fourth-order valence-electron chi connectivity index (χ4n) is 3.44. The summed E-state index contributed by atoms with van der Waals surface area (Å²) in [5, 5.41) is 0. The number of rotatable bonds is 4. The summed E-state index contributed by atoms with van der Waals surface area (Å²) in [7, 11) is -3.36. The minimum absolute atomic E-state index is 0.200. The molecule has 0 bridgehead atoms. The molecule has 33 heavy (non-hydrogen) atoms. The molecule has 0 spiro atoms. The second-order valence-electron chi connectivity index (χ2n) is 7.67. The van der Waals surface area contributed by atoms with E-state index in [4.69, 9.17) is 0 Å². The Balaban J connectivity index is 1.73. The van der Waals surface area contributed by atoms with Gasteiger partial charge in [-0.05, 0) is 66.6 Å². The number of pyridine rings is 2. The minimum atomic E-state index is -4.39. The summed E-state index contributed by atoms with van der Waals surface area (Å²) in [6.07, 6.45) is -3.24. The van der Waals surface area contributed by atoms with Crippen LogP contribution in [-0.4, -0.2) is 24.6 Å². The molecule has 0 saturated heterocycles. The lowest BCUT2D eigenvalue weighted by atomic mass is 10.0. The number of sulfone groups is 1. The van der Waals surface area contributed by atoms with Crippen LogP contribution in [0.5, 0.6) is 0 Å². The summed E-state index contributed by atoms with van der Waals surface area (Å²) in [4.78, 5) is 9.39. The predicted molar refractivity (Wildman–Crippen MR) is 121 cm³/mol.